The number of nitrogens with zero attached hydrogens (tertiary/aromatic N) is 2. The van der Waals surface area contributed by atoms with Crippen LogP contribution in [0, 0.1) is 0 Å². The van der Waals surface area contributed by atoms with E-state index in [4.69, 9.17) is 27.9 Å². The smallest absolute Gasteiger partial charge is 0.271 e. The molecule has 0 fully saturated rings. The monoisotopic (exact) mass is 615 g/mol. The van der Waals surface area contributed by atoms with Crippen molar-refractivity contribution >= 4 is 69.1 Å². The number of anilines is 3. The second kappa shape index (κ2) is 13.8. The lowest BCUT2D eigenvalue weighted by molar-refractivity contribution is -0.118. The van der Waals surface area contributed by atoms with Crippen LogP contribution in [0.5, 0.6) is 5.75 Å². The summed E-state index contributed by atoms with van der Waals surface area (Å²) in [6, 6.07) is 28.5. The van der Waals surface area contributed by atoms with Crippen LogP contribution < -0.4 is 20.8 Å². The van der Waals surface area contributed by atoms with Crippen molar-refractivity contribution in [2.75, 3.05) is 17.2 Å². The number of carbonyl (C=O) groups excluding carboxylic acids is 2. The van der Waals surface area contributed by atoms with Crippen LogP contribution in [0.2, 0.25) is 10.0 Å². The summed E-state index contributed by atoms with van der Waals surface area (Å²) in [4.78, 5) is 29.6. The highest BCUT2D eigenvalue weighted by Gasteiger charge is 2.10. The van der Waals surface area contributed by atoms with Crippen LogP contribution in [0.25, 0.3) is 11.3 Å². The number of rotatable bonds is 10. The second-order valence-electron chi connectivity index (χ2n) is 8.83. The van der Waals surface area contributed by atoms with Gasteiger partial charge in [-0.2, -0.15) is 5.10 Å². The number of thiazole rings is 1. The van der Waals surface area contributed by atoms with Crippen LogP contribution in [0.15, 0.2) is 108 Å². The first-order valence-corrected chi connectivity index (χ1v) is 14.3. The summed E-state index contributed by atoms with van der Waals surface area (Å²) >= 11 is 13.5. The van der Waals surface area contributed by atoms with Crippen LogP contribution in [-0.4, -0.2) is 29.6 Å². The molecule has 0 unspecified atom stereocenters. The van der Waals surface area contributed by atoms with Crippen LogP contribution in [-0.2, 0) is 4.79 Å². The molecule has 4 aromatic carbocycles. The van der Waals surface area contributed by atoms with Gasteiger partial charge in [0, 0.05) is 43.5 Å². The minimum Gasteiger partial charge on any atom is -0.483 e. The number of para-hydroxylation sites is 1. The van der Waals surface area contributed by atoms with Gasteiger partial charge in [0.1, 0.15) is 5.75 Å². The van der Waals surface area contributed by atoms with Crippen molar-refractivity contribution in [2.45, 2.75) is 0 Å². The van der Waals surface area contributed by atoms with Gasteiger partial charge in [-0.15, -0.1) is 11.3 Å². The lowest BCUT2D eigenvalue weighted by atomic mass is 10.1. The molecule has 0 saturated heterocycles. The van der Waals surface area contributed by atoms with Crippen molar-refractivity contribution in [3.8, 4) is 17.0 Å². The lowest BCUT2D eigenvalue weighted by Crippen LogP contribution is -2.20. The fourth-order valence-corrected chi connectivity index (χ4v) is 4.80. The summed E-state index contributed by atoms with van der Waals surface area (Å²) in [5.74, 6) is -0.375. The Labute approximate surface area is 256 Å². The lowest BCUT2D eigenvalue weighted by Gasteiger charge is -2.10. The molecule has 0 spiro atoms. The van der Waals surface area contributed by atoms with E-state index in [0.717, 1.165) is 22.1 Å². The highest BCUT2D eigenvalue weighted by Crippen LogP contribution is 2.27. The number of amides is 2. The maximum absolute atomic E-state index is 12.7. The number of hydrogen-bond acceptors (Lipinski definition) is 7. The average Bonchev–Trinajstić information content (AvgIpc) is 3.47. The van der Waals surface area contributed by atoms with Gasteiger partial charge in [0.15, 0.2) is 11.7 Å². The van der Waals surface area contributed by atoms with E-state index in [9.17, 15) is 9.59 Å². The van der Waals surface area contributed by atoms with E-state index in [0.29, 0.717) is 32.6 Å². The third-order valence-electron chi connectivity index (χ3n) is 5.80. The number of carbonyl (C=O) groups is 2. The Kier molecular flexibility index (Phi) is 9.45. The van der Waals surface area contributed by atoms with Crippen LogP contribution in [0.1, 0.15) is 15.9 Å². The Morgan fingerprint density at radius 1 is 0.881 bits per heavy atom. The van der Waals surface area contributed by atoms with E-state index in [-0.39, 0.29) is 12.5 Å². The molecule has 1 aromatic heterocycles. The van der Waals surface area contributed by atoms with Gasteiger partial charge in [-0.05, 0) is 66.7 Å². The first kappa shape index (κ1) is 28.8. The highest BCUT2D eigenvalue weighted by molar-refractivity contribution is 7.14. The minimum absolute atomic E-state index is 0.243. The predicted molar refractivity (Wildman–Crippen MR) is 169 cm³/mol. The molecule has 0 aliphatic rings. The number of ether oxygens (including phenoxy) is 1. The first-order valence-electron chi connectivity index (χ1n) is 12.6. The third-order valence-corrected chi connectivity index (χ3v) is 7.05. The van der Waals surface area contributed by atoms with E-state index in [2.05, 4.69) is 26.1 Å². The Morgan fingerprint density at radius 2 is 1.62 bits per heavy atom. The van der Waals surface area contributed by atoms with Gasteiger partial charge in [0.25, 0.3) is 11.8 Å². The van der Waals surface area contributed by atoms with Gasteiger partial charge < -0.3 is 15.4 Å². The van der Waals surface area contributed by atoms with Crippen LogP contribution in [0.4, 0.5) is 16.5 Å². The zero-order valence-corrected chi connectivity index (χ0v) is 24.2. The van der Waals surface area contributed by atoms with Gasteiger partial charge in [-0.3, -0.25) is 9.59 Å². The van der Waals surface area contributed by atoms with Crippen molar-refractivity contribution in [3.05, 3.63) is 124 Å². The van der Waals surface area contributed by atoms with E-state index < -0.39 is 5.91 Å². The largest absolute Gasteiger partial charge is 0.483 e. The molecule has 0 radical (unpaired) electrons. The van der Waals surface area contributed by atoms with Gasteiger partial charge in [-0.1, -0.05) is 53.5 Å². The highest BCUT2D eigenvalue weighted by atomic mass is 35.5. The molecule has 5 rings (SSSR count). The topological polar surface area (TPSA) is 105 Å². The standard InChI is InChI=1S/C31H23Cl2N5O3S/c32-23-10-13-26(14-11-23)35-29(39)18-41-28-15-12-24(33)16-22(28)17-34-38-30(40)21-8-6-20(7-9-21)27-19-42-31(37-27)36-25-4-2-1-3-5-25/h1-17,19H,18H2,(H,35,39)(H,36,37)(H,38,40)/b34-17+. The number of nitrogens with one attached hydrogen (secondary N) is 3. The molecule has 42 heavy (non-hydrogen) atoms. The molecule has 3 N–H and O–H groups in total. The summed E-state index contributed by atoms with van der Waals surface area (Å²) in [5.41, 5.74) is 6.66. The number of hydrogen-bond donors (Lipinski definition) is 3. The zero-order valence-electron chi connectivity index (χ0n) is 21.9. The van der Waals surface area contributed by atoms with Gasteiger partial charge in [0.05, 0.1) is 11.9 Å². The fraction of sp³-hybridized carbons (Fsp3) is 0.0323. The molecule has 0 aliphatic heterocycles. The Morgan fingerprint density at radius 3 is 2.38 bits per heavy atom. The predicted octanol–water partition coefficient (Wildman–Crippen LogP) is 7.64. The molecule has 1 heterocycles. The number of halogens is 2. The summed E-state index contributed by atoms with van der Waals surface area (Å²) < 4.78 is 5.67. The molecule has 11 heteroatoms. The van der Waals surface area contributed by atoms with Crippen molar-refractivity contribution < 1.29 is 14.3 Å². The van der Waals surface area contributed by atoms with E-state index in [1.165, 1.54) is 17.6 Å². The van der Waals surface area contributed by atoms with Crippen molar-refractivity contribution in [3.63, 3.8) is 0 Å². The summed E-state index contributed by atoms with van der Waals surface area (Å²) in [7, 11) is 0. The molecule has 0 atom stereocenters. The SMILES string of the molecule is O=C(COc1ccc(Cl)cc1/C=N/NC(=O)c1ccc(-c2csc(Nc3ccccc3)n2)cc1)Nc1ccc(Cl)cc1. The third kappa shape index (κ3) is 7.94. The molecule has 8 nitrogen and oxygen atoms in total. The maximum Gasteiger partial charge on any atom is 0.271 e. The fourth-order valence-electron chi connectivity index (χ4n) is 3.75. The summed E-state index contributed by atoms with van der Waals surface area (Å²) in [6.45, 7) is -0.243. The Balaban J connectivity index is 1.16. The number of aromatic nitrogens is 1. The molecular formula is C31H23Cl2N5O3S. The van der Waals surface area contributed by atoms with Crippen molar-refractivity contribution in [1.82, 2.24) is 10.4 Å². The molecule has 0 bridgehead atoms. The quantitative estimate of drug-likeness (QED) is 0.111. The van der Waals surface area contributed by atoms with E-state index in [1.54, 1.807) is 54.6 Å². The molecule has 210 valence electrons. The Hall–Kier alpha value is -4.70. The molecule has 2 amide bonds. The second-order valence-corrected chi connectivity index (χ2v) is 10.6. The molecular weight excluding hydrogens is 593 g/mol. The van der Waals surface area contributed by atoms with E-state index in [1.807, 2.05) is 47.8 Å². The molecule has 0 saturated carbocycles. The van der Waals surface area contributed by atoms with Crippen molar-refractivity contribution in [1.29, 1.82) is 0 Å². The average molecular weight is 617 g/mol. The van der Waals surface area contributed by atoms with Crippen molar-refractivity contribution in [2.24, 2.45) is 5.10 Å². The van der Waals surface area contributed by atoms with Gasteiger partial charge in [-0.25, -0.2) is 10.4 Å². The number of benzene rings is 4. The maximum atomic E-state index is 12.7. The molecule has 0 aliphatic carbocycles. The Bertz CT molecular complexity index is 1710. The van der Waals surface area contributed by atoms with Gasteiger partial charge >= 0.3 is 0 Å². The summed E-state index contributed by atoms with van der Waals surface area (Å²) in [6.07, 6.45) is 1.40. The number of hydrazone groups is 1. The van der Waals surface area contributed by atoms with E-state index >= 15 is 0 Å². The normalized spacial score (nSPS) is 10.8. The first-order chi connectivity index (χ1) is 20.4. The van der Waals surface area contributed by atoms with Crippen LogP contribution >= 0.6 is 34.5 Å². The minimum atomic E-state index is -0.394. The van der Waals surface area contributed by atoms with Crippen LogP contribution in [0.3, 0.4) is 0 Å². The van der Waals surface area contributed by atoms with Gasteiger partial charge in [0.2, 0.25) is 0 Å². The zero-order chi connectivity index (χ0) is 29.3. The summed E-state index contributed by atoms with van der Waals surface area (Å²) in [5, 5.41) is 13.8. The molecule has 5 aromatic rings.